The topological polar surface area (TPSA) is 92.2 Å². The number of nitrogens with one attached hydrogen (secondary N) is 2. The maximum atomic E-state index is 14.3. The molecule has 1 unspecified atom stereocenters. The molecule has 1 atom stereocenters. The summed E-state index contributed by atoms with van der Waals surface area (Å²) in [5.74, 6) is -1.24. The van der Waals surface area contributed by atoms with Gasteiger partial charge in [-0.3, -0.25) is 15.1 Å². The number of rotatable bonds is 4. The van der Waals surface area contributed by atoms with Gasteiger partial charge in [0.15, 0.2) is 0 Å². The van der Waals surface area contributed by atoms with Crippen LogP contribution in [0.15, 0.2) is 50.6 Å². The number of ether oxygens (including phenoxy) is 1. The number of halogens is 2. The summed E-state index contributed by atoms with van der Waals surface area (Å²) < 4.78 is 19.5. The summed E-state index contributed by atoms with van der Waals surface area (Å²) >= 11 is 6.05. The minimum absolute atomic E-state index is 0.104. The summed E-state index contributed by atoms with van der Waals surface area (Å²) in [6, 6.07) is 3.57. The molecule has 0 fully saturated rings. The van der Waals surface area contributed by atoms with Gasteiger partial charge in [-0.2, -0.15) is 0 Å². The van der Waals surface area contributed by atoms with Crippen LogP contribution in [0.25, 0.3) is 0 Å². The van der Waals surface area contributed by atoms with Crippen molar-refractivity contribution in [1.29, 1.82) is 0 Å². The Labute approximate surface area is 186 Å². The molecule has 2 N–H and O–H groups in total. The molecule has 2 amide bonds. The number of carbonyl (C=O) groups excluding carboxylic acids is 2. The Morgan fingerprint density at radius 2 is 1.94 bits per heavy atom. The molecule has 166 valence electrons. The van der Waals surface area contributed by atoms with E-state index < -0.39 is 23.4 Å². The van der Waals surface area contributed by atoms with Gasteiger partial charge in [0.25, 0.3) is 5.91 Å². The Hall–Kier alpha value is -3.00. The molecule has 7 nitrogen and oxygen atoms in total. The van der Waals surface area contributed by atoms with Gasteiger partial charge in [0.1, 0.15) is 16.6 Å². The first-order valence-electron chi connectivity index (χ1n) is 9.75. The summed E-state index contributed by atoms with van der Waals surface area (Å²) in [5, 5.41) is 5.31. The van der Waals surface area contributed by atoms with Crippen molar-refractivity contribution in [3.8, 4) is 0 Å². The summed E-state index contributed by atoms with van der Waals surface area (Å²) in [4.78, 5) is 33.3. The molecule has 0 bridgehead atoms. The Balaban J connectivity index is 2.25. The van der Waals surface area contributed by atoms with Gasteiger partial charge in [-0.05, 0) is 64.0 Å². The van der Waals surface area contributed by atoms with Crippen LogP contribution >= 0.6 is 11.6 Å². The van der Waals surface area contributed by atoms with Crippen molar-refractivity contribution in [2.75, 3.05) is 10.6 Å². The average Bonchev–Trinajstić information content (AvgIpc) is 2.72. The van der Waals surface area contributed by atoms with E-state index in [9.17, 15) is 14.0 Å². The van der Waals surface area contributed by atoms with Crippen LogP contribution in [0.3, 0.4) is 0 Å². The van der Waals surface area contributed by atoms with Crippen LogP contribution in [0.4, 0.5) is 20.6 Å². The molecular formula is C22H26ClFN4O3. The lowest BCUT2D eigenvalue weighted by Gasteiger charge is -2.20. The molecule has 0 aromatic heterocycles. The maximum absolute atomic E-state index is 14.3. The lowest BCUT2D eigenvalue weighted by molar-refractivity contribution is -0.112. The van der Waals surface area contributed by atoms with Crippen molar-refractivity contribution in [3.63, 3.8) is 0 Å². The second kappa shape index (κ2) is 10.3. The quantitative estimate of drug-likeness (QED) is 0.600. The van der Waals surface area contributed by atoms with Crippen LogP contribution in [-0.4, -0.2) is 36.1 Å². The molecule has 0 aliphatic carbocycles. The highest BCUT2D eigenvalue weighted by atomic mass is 35.5. The van der Waals surface area contributed by atoms with Crippen molar-refractivity contribution < 1.29 is 18.7 Å². The van der Waals surface area contributed by atoms with Gasteiger partial charge in [0.2, 0.25) is 0 Å². The first-order chi connectivity index (χ1) is 14.5. The van der Waals surface area contributed by atoms with Crippen LogP contribution in [0.2, 0.25) is 0 Å². The smallest absolute Gasteiger partial charge is 0.412 e. The molecule has 1 heterocycles. The second-order valence-corrected chi connectivity index (χ2v) is 8.26. The third-order valence-corrected chi connectivity index (χ3v) is 4.28. The van der Waals surface area contributed by atoms with Crippen molar-refractivity contribution in [2.45, 2.75) is 52.7 Å². The predicted molar refractivity (Wildman–Crippen MR) is 123 cm³/mol. The van der Waals surface area contributed by atoms with Crippen LogP contribution in [0.5, 0.6) is 0 Å². The third-order valence-electron chi connectivity index (χ3n) is 4.05. The molecule has 9 heteroatoms. The third kappa shape index (κ3) is 7.64. The SMILES string of the molecule is CCC1\C=C(Cl)/N=C\C(C)=C(/C(=O)Nc2cc(NC(=O)OC(C)(C)C)ccc2F)C=N1. The zero-order valence-corrected chi connectivity index (χ0v) is 18.9. The zero-order chi connectivity index (χ0) is 23.2. The Bertz CT molecular complexity index is 977. The van der Waals surface area contributed by atoms with E-state index in [2.05, 4.69) is 20.6 Å². The molecule has 1 aromatic carbocycles. The van der Waals surface area contributed by atoms with Gasteiger partial charge in [0.05, 0.1) is 17.3 Å². The minimum Gasteiger partial charge on any atom is -0.444 e. The summed E-state index contributed by atoms with van der Waals surface area (Å²) in [6.45, 7) is 8.79. The van der Waals surface area contributed by atoms with E-state index in [0.717, 1.165) is 6.07 Å². The van der Waals surface area contributed by atoms with Crippen molar-refractivity contribution in [1.82, 2.24) is 0 Å². The summed E-state index contributed by atoms with van der Waals surface area (Å²) in [7, 11) is 0. The van der Waals surface area contributed by atoms with Gasteiger partial charge in [-0.25, -0.2) is 14.2 Å². The standard InChI is InChI=1S/C22H26ClFN4O3/c1-6-14-10-19(23)26-11-13(2)16(12-25-14)20(29)28-18-9-15(7-8-17(18)24)27-21(30)31-22(3,4)5/h7-12,14H,6H2,1-5H3,(H,27,30)(H,28,29)/b16-13-,19-10-,25-12?,26-11-. The molecule has 1 aromatic rings. The molecule has 31 heavy (non-hydrogen) atoms. The largest absolute Gasteiger partial charge is 0.444 e. The minimum atomic E-state index is -0.690. The fraction of sp³-hybridized carbons (Fsp3) is 0.364. The molecule has 1 aliphatic heterocycles. The van der Waals surface area contributed by atoms with E-state index in [1.54, 1.807) is 33.8 Å². The monoisotopic (exact) mass is 448 g/mol. The first kappa shape index (κ1) is 24.3. The number of benzene rings is 1. The van der Waals surface area contributed by atoms with E-state index in [1.807, 2.05) is 6.92 Å². The summed E-state index contributed by atoms with van der Waals surface area (Å²) in [5.41, 5.74) is 0.201. The molecule has 0 radical (unpaired) electrons. The fourth-order valence-corrected chi connectivity index (χ4v) is 2.71. The van der Waals surface area contributed by atoms with E-state index in [0.29, 0.717) is 12.0 Å². The fourth-order valence-electron chi connectivity index (χ4n) is 2.52. The van der Waals surface area contributed by atoms with E-state index in [-0.39, 0.29) is 28.1 Å². The van der Waals surface area contributed by atoms with E-state index in [4.69, 9.17) is 16.3 Å². The number of hydrogen-bond acceptors (Lipinski definition) is 5. The van der Waals surface area contributed by atoms with E-state index >= 15 is 0 Å². The van der Waals surface area contributed by atoms with Crippen molar-refractivity contribution in [3.05, 3.63) is 46.4 Å². The van der Waals surface area contributed by atoms with Gasteiger partial charge in [-0.1, -0.05) is 18.5 Å². The molecule has 0 saturated carbocycles. The molecule has 1 aliphatic rings. The average molecular weight is 449 g/mol. The van der Waals surface area contributed by atoms with Crippen LogP contribution in [0.1, 0.15) is 41.0 Å². The van der Waals surface area contributed by atoms with Gasteiger partial charge in [0, 0.05) is 18.1 Å². The lowest BCUT2D eigenvalue weighted by Crippen LogP contribution is -2.27. The maximum Gasteiger partial charge on any atom is 0.412 e. The first-order valence-corrected chi connectivity index (χ1v) is 10.1. The van der Waals surface area contributed by atoms with Crippen LogP contribution in [-0.2, 0) is 9.53 Å². The molecular weight excluding hydrogens is 423 g/mol. The number of amides is 2. The highest BCUT2D eigenvalue weighted by Gasteiger charge is 2.18. The highest BCUT2D eigenvalue weighted by molar-refractivity contribution is 6.30. The second-order valence-electron chi connectivity index (χ2n) is 7.87. The van der Waals surface area contributed by atoms with Crippen molar-refractivity contribution in [2.24, 2.45) is 9.98 Å². The highest BCUT2D eigenvalue weighted by Crippen LogP contribution is 2.22. The number of carbonyl (C=O) groups is 2. The predicted octanol–water partition coefficient (Wildman–Crippen LogP) is 5.44. The molecule has 0 spiro atoms. The van der Waals surface area contributed by atoms with Crippen LogP contribution in [0, 0.1) is 5.82 Å². The van der Waals surface area contributed by atoms with E-state index in [1.165, 1.54) is 24.6 Å². The van der Waals surface area contributed by atoms with Crippen molar-refractivity contribution >= 4 is 47.4 Å². The number of anilines is 2. The number of allylic oxidation sites excluding steroid dienone is 1. The molecule has 2 rings (SSSR count). The number of aliphatic imine (C=N–C) groups is 2. The van der Waals surface area contributed by atoms with Gasteiger partial charge < -0.3 is 10.1 Å². The summed E-state index contributed by atoms with van der Waals surface area (Å²) in [6.07, 6.45) is 4.55. The normalized spacial score (nSPS) is 21.8. The van der Waals surface area contributed by atoms with Crippen LogP contribution < -0.4 is 10.6 Å². The zero-order valence-electron chi connectivity index (χ0n) is 18.1. The van der Waals surface area contributed by atoms with Gasteiger partial charge >= 0.3 is 6.09 Å². The number of nitrogens with zero attached hydrogens (tertiary/aromatic N) is 2. The van der Waals surface area contributed by atoms with Gasteiger partial charge in [-0.15, -0.1) is 0 Å². The Morgan fingerprint density at radius 3 is 2.58 bits per heavy atom. The number of hydrogen-bond donors (Lipinski definition) is 2. The molecule has 0 saturated heterocycles. The Morgan fingerprint density at radius 1 is 1.23 bits per heavy atom. The lowest BCUT2D eigenvalue weighted by atomic mass is 10.1. The Kier molecular flexibility index (Phi) is 8.10.